The van der Waals surface area contributed by atoms with Crippen LogP contribution in [0.3, 0.4) is 0 Å². The Balaban J connectivity index is 2.16. The number of pyridine rings is 1. The zero-order valence-corrected chi connectivity index (χ0v) is 7.43. The monoisotopic (exact) mass is 190 g/mol. The Morgan fingerprint density at radius 1 is 0.929 bits per heavy atom. The average Bonchev–Trinajstić information content (AvgIpc) is 2.23. The first-order valence-electron chi connectivity index (χ1n) is 4.25. The van der Waals surface area contributed by atoms with Crippen molar-refractivity contribution < 1.29 is 14.0 Å². The van der Waals surface area contributed by atoms with Crippen molar-refractivity contribution >= 4 is 0 Å². The highest BCUT2D eigenvalue weighted by Crippen LogP contribution is 2.06. The number of nitrogens with zero attached hydrogens (tertiary/aromatic N) is 1. The molecule has 0 saturated heterocycles. The van der Waals surface area contributed by atoms with Gasteiger partial charge in [0, 0.05) is 16.9 Å². The van der Waals surface area contributed by atoms with Gasteiger partial charge in [0.2, 0.25) is 18.1 Å². The molecule has 0 radical (unpaired) electrons. The topological polar surface area (TPSA) is 13.1 Å². The first-order chi connectivity index (χ1) is 6.84. The molecule has 1 aromatic carbocycles. The Morgan fingerprint density at radius 3 is 2.21 bits per heavy atom. The zero-order chi connectivity index (χ0) is 9.80. The van der Waals surface area contributed by atoms with E-state index < -0.39 is 0 Å². The van der Waals surface area contributed by atoms with E-state index in [0.29, 0.717) is 5.75 Å². The highest BCUT2D eigenvalue weighted by atomic mass is 19.1. The maximum atomic E-state index is 12.6. The molecule has 0 spiro atoms. The van der Waals surface area contributed by atoms with Gasteiger partial charge in [0.1, 0.15) is 5.82 Å². The van der Waals surface area contributed by atoms with Crippen molar-refractivity contribution in [2.75, 3.05) is 0 Å². The van der Waals surface area contributed by atoms with Gasteiger partial charge in [-0.05, 0) is 12.1 Å². The molecule has 0 aliphatic carbocycles. The number of hydrogen-bond acceptors (Lipinski definition) is 1. The third kappa shape index (κ3) is 2.07. The minimum atomic E-state index is -0.280. The summed E-state index contributed by atoms with van der Waals surface area (Å²) in [5, 5.41) is 0. The highest BCUT2D eigenvalue weighted by Gasteiger charge is 2.02. The lowest BCUT2D eigenvalue weighted by Crippen LogP contribution is -2.38. The summed E-state index contributed by atoms with van der Waals surface area (Å²) in [7, 11) is 0. The molecule has 1 aromatic heterocycles. The predicted molar refractivity (Wildman–Crippen MR) is 49.1 cm³/mol. The second kappa shape index (κ2) is 3.87. The summed E-state index contributed by atoms with van der Waals surface area (Å²) < 4.78 is 14.0. The fraction of sp³-hybridized carbons (Fsp3) is 0. The fourth-order valence-corrected chi connectivity index (χ4v) is 1.06. The second-order valence-corrected chi connectivity index (χ2v) is 2.78. The minimum Gasteiger partial charge on any atom is -0.232 e. The van der Waals surface area contributed by atoms with Crippen molar-refractivity contribution in [3.8, 4) is 5.75 Å². The molecule has 0 saturated carbocycles. The molecule has 0 amide bonds. The summed E-state index contributed by atoms with van der Waals surface area (Å²) in [4.78, 5) is 5.38. The van der Waals surface area contributed by atoms with Crippen molar-refractivity contribution in [3.63, 3.8) is 0 Å². The van der Waals surface area contributed by atoms with E-state index in [4.69, 9.17) is 4.84 Å². The largest absolute Gasteiger partial charge is 0.232 e. The minimum absolute atomic E-state index is 0.280. The first kappa shape index (κ1) is 8.69. The van der Waals surface area contributed by atoms with E-state index in [1.165, 1.54) is 29.3 Å². The summed E-state index contributed by atoms with van der Waals surface area (Å²) >= 11 is 0. The molecule has 2 aromatic rings. The third-order valence-electron chi connectivity index (χ3n) is 1.72. The van der Waals surface area contributed by atoms with Crippen molar-refractivity contribution in [2.24, 2.45) is 0 Å². The molecule has 0 atom stereocenters. The molecule has 0 bridgehead atoms. The molecule has 0 fully saturated rings. The molecule has 3 heteroatoms. The van der Waals surface area contributed by atoms with Crippen LogP contribution in [0, 0.1) is 5.82 Å². The van der Waals surface area contributed by atoms with Crippen LogP contribution in [0.5, 0.6) is 5.75 Å². The smallest absolute Gasteiger partial charge is 0.226 e. The normalized spacial score (nSPS) is 9.79. The quantitative estimate of drug-likeness (QED) is 0.660. The van der Waals surface area contributed by atoms with Gasteiger partial charge in [-0.3, -0.25) is 0 Å². The standard InChI is InChI=1S/C11H9FNO/c12-10-6-8-13(9-7-10)14-11-4-2-1-3-5-11/h1-9H/q+1. The van der Waals surface area contributed by atoms with Crippen LogP contribution in [-0.4, -0.2) is 0 Å². The molecule has 2 rings (SSSR count). The van der Waals surface area contributed by atoms with Crippen LogP contribution < -0.4 is 9.57 Å². The summed E-state index contributed by atoms with van der Waals surface area (Å²) in [5.41, 5.74) is 0. The lowest BCUT2D eigenvalue weighted by molar-refractivity contribution is -0.875. The van der Waals surface area contributed by atoms with Crippen molar-refractivity contribution in [2.45, 2.75) is 0 Å². The van der Waals surface area contributed by atoms with Crippen LogP contribution in [-0.2, 0) is 0 Å². The van der Waals surface area contributed by atoms with E-state index in [0.717, 1.165) is 0 Å². The van der Waals surface area contributed by atoms with Crippen LogP contribution in [0.2, 0.25) is 0 Å². The van der Waals surface area contributed by atoms with Crippen LogP contribution in [0.25, 0.3) is 0 Å². The highest BCUT2D eigenvalue weighted by molar-refractivity contribution is 5.19. The Hall–Kier alpha value is -1.90. The Kier molecular flexibility index (Phi) is 2.40. The fourth-order valence-electron chi connectivity index (χ4n) is 1.06. The summed E-state index contributed by atoms with van der Waals surface area (Å²) in [6.07, 6.45) is 3.03. The number of halogens is 1. The van der Waals surface area contributed by atoms with E-state index in [9.17, 15) is 4.39 Å². The SMILES string of the molecule is Fc1cc[n+](Oc2ccccc2)cc1. The first-order valence-corrected chi connectivity index (χ1v) is 4.25. The molecule has 0 aliphatic heterocycles. The van der Waals surface area contributed by atoms with Gasteiger partial charge in [0.15, 0.2) is 0 Å². The van der Waals surface area contributed by atoms with E-state index >= 15 is 0 Å². The molecule has 0 aliphatic rings. The molecule has 2 nitrogen and oxygen atoms in total. The van der Waals surface area contributed by atoms with Gasteiger partial charge in [0.25, 0.3) is 0 Å². The maximum Gasteiger partial charge on any atom is 0.226 e. The Morgan fingerprint density at radius 2 is 1.57 bits per heavy atom. The summed E-state index contributed by atoms with van der Waals surface area (Å²) in [6, 6.07) is 12.0. The molecular formula is C11H9FNO+. The van der Waals surface area contributed by atoms with Gasteiger partial charge in [-0.15, -0.1) is 0 Å². The molecule has 70 valence electrons. The number of para-hydroxylation sites is 1. The van der Waals surface area contributed by atoms with Crippen LogP contribution >= 0.6 is 0 Å². The zero-order valence-electron chi connectivity index (χ0n) is 7.43. The van der Waals surface area contributed by atoms with E-state index in [1.54, 1.807) is 0 Å². The van der Waals surface area contributed by atoms with Gasteiger partial charge in [0.05, 0.1) is 0 Å². The predicted octanol–water partition coefficient (Wildman–Crippen LogP) is 1.96. The number of aromatic nitrogens is 1. The van der Waals surface area contributed by atoms with Gasteiger partial charge in [-0.1, -0.05) is 18.2 Å². The molecule has 14 heavy (non-hydrogen) atoms. The lowest BCUT2D eigenvalue weighted by Gasteiger charge is -1.95. The number of hydrogen-bond donors (Lipinski definition) is 0. The van der Waals surface area contributed by atoms with Crippen LogP contribution in [0.4, 0.5) is 4.39 Å². The Bertz CT molecular complexity index is 399. The van der Waals surface area contributed by atoms with Gasteiger partial charge in [-0.2, -0.15) is 0 Å². The van der Waals surface area contributed by atoms with E-state index in [1.807, 2.05) is 30.3 Å². The van der Waals surface area contributed by atoms with Gasteiger partial charge in [-0.25, -0.2) is 9.23 Å². The van der Waals surface area contributed by atoms with Crippen LogP contribution in [0.1, 0.15) is 0 Å². The van der Waals surface area contributed by atoms with Crippen molar-refractivity contribution in [3.05, 3.63) is 60.7 Å². The van der Waals surface area contributed by atoms with Crippen LogP contribution in [0.15, 0.2) is 54.9 Å². The number of rotatable bonds is 2. The van der Waals surface area contributed by atoms with Gasteiger partial charge < -0.3 is 0 Å². The maximum absolute atomic E-state index is 12.6. The molecular weight excluding hydrogens is 181 g/mol. The molecule has 1 heterocycles. The Labute approximate surface area is 81.2 Å². The summed E-state index contributed by atoms with van der Waals surface area (Å²) in [6.45, 7) is 0. The molecule has 0 unspecified atom stereocenters. The average molecular weight is 190 g/mol. The number of benzene rings is 1. The molecule has 0 N–H and O–H groups in total. The van der Waals surface area contributed by atoms with Crippen molar-refractivity contribution in [1.82, 2.24) is 0 Å². The van der Waals surface area contributed by atoms with Gasteiger partial charge >= 0.3 is 0 Å². The lowest BCUT2D eigenvalue weighted by atomic mass is 10.3. The van der Waals surface area contributed by atoms with E-state index in [2.05, 4.69) is 0 Å². The summed E-state index contributed by atoms with van der Waals surface area (Å²) in [5.74, 6) is 0.432. The third-order valence-corrected chi connectivity index (χ3v) is 1.72. The second-order valence-electron chi connectivity index (χ2n) is 2.78. The van der Waals surface area contributed by atoms with Crippen molar-refractivity contribution in [1.29, 1.82) is 0 Å². The van der Waals surface area contributed by atoms with E-state index in [-0.39, 0.29) is 5.82 Å².